The molecule has 2 heteroatoms. The summed E-state index contributed by atoms with van der Waals surface area (Å²) in [5, 5.41) is 3.69. The number of unbranched alkanes of at least 4 members (excludes halogenated alkanes) is 5. The minimum Gasteiger partial charge on any atom is -0.381 e. The molecule has 19 heavy (non-hydrogen) atoms. The number of hydrogen-bond acceptors (Lipinski definition) is 2. The standard InChI is InChI=1S/C17H35NO/c1-3-5-6-7-8-9-10-17(18-4-2)15-16-11-13-19-14-12-16/h16-18H,3-15H2,1-2H3. The van der Waals surface area contributed by atoms with E-state index in [0.29, 0.717) is 0 Å². The van der Waals surface area contributed by atoms with Crippen molar-refractivity contribution in [1.82, 2.24) is 5.32 Å². The van der Waals surface area contributed by atoms with Gasteiger partial charge in [0.05, 0.1) is 0 Å². The molecule has 1 rings (SSSR count). The normalized spacial score (nSPS) is 18.6. The van der Waals surface area contributed by atoms with E-state index in [1.807, 2.05) is 0 Å². The Morgan fingerprint density at radius 3 is 2.37 bits per heavy atom. The van der Waals surface area contributed by atoms with Gasteiger partial charge in [0.25, 0.3) is 0 Å². The van der Waals surface area contributed by atoms with Crippen LogP contribution in [-0.4, -0.2) is 25.8 Å². The summed E-state index contributed by atoms with van der Waals surface area (Å²) in [6.45, 7) is 7.61. The zero-order valence-electron chi connectivity index (χ0n) is 13.3. The molecule has 1 N–H and O–H groups in total. The van der Waals surface area contributed by atoms with Gasteiger partial charge in [0, 0.05) is 19.3 Å². The highest BCUT2D eigenvalue weighted by Crippen LogP contribution is 2.22. The quantitative estimate of drug-likeness (QED) is 0.556. The molecule has 1 atom stereocenters. The van der Waals surface area contributed by atoms with Crippen molar-refractivity contribution in [3.05, 3.63) is 0 Å². The first-order valence-corrected chi connectivity index (χ1v) is 8.68. The van der Waals surface area contributed by atoms with Crippen molar-refractivity contribution in [2.75, 3.05) is 19.8 Å². The lowest BCUT2D eigenvalue weighted by Crippen LogP contribution is -2.32. The maximum Gasteiger partial charge on any atom is 0.0468 e. The Morgan fingerprint density at radius 1 is 1.00 bits per heavy atom. The van der Waals surface area contributed by atoms with Crippen LogP contribution in [0, 0.1) is 5.92 Å². The molecule has 0 aliphatic carbocycles. The fourth-order valence-electron chi connectivity index (χ4n) is 3.15. The Kier molecular flexibility index (Phi) is 10.5. The molecule has 1 aliphatic rings. The van der Waals surface area contributed by atoms with Gasteiger partial charge in [0.2, 0.25) is 0 Å². The summed E-state index contributed by atoms with van der Waals surface area (Å²) < 4.78 is 5.46. The van der Waals surface area contributed by atoms with Crippen molar-refractivity contribution in [2.45, 2.75) is 84.1 Å². The highest BCUT2D eigenvalue weighted by atomic mass is 16.5. The lowest BCUT2D eigenvalue weighted by Gasteiger charge is -2.27. The van der Waals surface area contributed by atoms with E-state index < -0.39 is 0 Å². The van der Waals surface area contributed by atoms with Gasteiger partial charge in [-0.2, -0.15) is 0 Å². The lowest BCUT2D eigenvalue weighted by atomic mass is 9.90. The Bertz CT molecular complexity index is 190. The van der Waals surface area contributed by atoms with Crippen molar-refractivity contribution < 1.29 is 4.74 Å². The average molecular weight is 269 g/mol. The smallest absolute Gasteiger partial charge is 0.0468 e. The van der Waals surface area contributed by atoms with Crippen molar-refractivity contribution in [1.29, 1.82) is 0 Å². The molecule has 0 aromatic carbocycles. The Balaban J connectivity index is 2.09. The van der Waals surface area contributed by atoms with Crippen LogP contribution in [0.3, 0.4) is 0 Å². The highest BCUT2D eigenvalue weighted by Gasteiger charge is 2.18. The third-order valence-electron chi connectivity index (χ3n) is 4.36. The molecule has 1 aliphatic heterocycles. The molecule has 1 heterocycles. The van der Waals surface area contributed by atoms with Crippen LogP contribution >= 0.6 is 0 Å². The predicted molar refractivity (Wildman–Crippen MR) is 83.6 cm³/mol. The summed E-state index contributed by atoms with van der Waals surface area (Å²) in [4.78, 5) is 0. The van der Waals surface area contributed by atoms with Gasteiger partial charge in [-0.3, -0.25) is 0 Å². The highest BCUT2D eigenvalue weighted by molar-refractivity contribution is 4.73. The molecule has 0 spiro atoms. The molecular formula is C17H35NO. The molecule has 2 nitrogen and oxygen atoms in total. The van der Waals surface area contributed by atoms with Gasteiger partial charge in [0.15, 0.2) is 0 Å². The molecule has 114 valence electrons. The molecule has 0 radical (unpaired) electrons. The van der Waals surface area contributed by atoms with Crippen LogP contribution in [0.2, 0.25) is 0 Å². The number of hydrogen-bond donors (Lipinski definition) is 1. The fraction of sp³-hybridized carbons (Fsp3) is 1.00. The minimum absolute atomic E-state index is 0.749. The van der Waals surface area contributed by atoms with Gasteiger partial charge >= 0.3 is 0 Å². The van der Waals surface area contributed by atoms with E-state index in [-0.39, 0.29) is 0 Å². The van der Waals surface area contributed by atoms with Crippen LogP contribution in [0.15, 0.2) is 0 Å². The SMILES string of the molecule is CCCCCCCCC(CC1CCOCC1)NCC. The van der Waals surface area contributed by atoms with E-state index in [1.54, 1.807) is 0 Å². The van der Waals surface area contributed by atoms with Gasteiger partial charge in [-0.1, -0.05) is 52.4 Å². The van der Waals surface area contributed by atoms with Gasteiger partial charge in [0.1, 0.15) is 0 Å². The van der Waals surface area contributed by atoms with Gasteiger partial charge in [-0.15, -0.1) is 0 Å². The van der Waals surface area contributed by atoms with Crippen LogP contribution in [0.1, 0.15) is 78.1 Å². The first-order valence-electron chi connectivity index (χ1n) is 8.68. The molecular weight excluding hydrogens is 234 g/mol. The molecule has 0 bridgehead atoms. The molecule has 0 aromatic heterocycles. The van der Waals surface area contributed by atoms with Crippen LogP contribution in [0.5, 0.6) is 0 Å². The third kappa shape index (κ3) is 8.65. The summed E-state index contributed by atoms with van der Waals surface area (Å²) in [5.41, 5.74) is 0. The lowest BCUT2D eigenvalue weighted by molar-refractivity contribution is 0.0602. The van der Waals surface area contributed by atoms with Crippen LogP contribution in [0.25, 0.3) is 0 Å². The predicted octanol–water partition coefficient (Wildman–Crippen LogP) is 4.53. The minimum atomic E-state index is 0.749. The second-order valence-corrected chi connectivity index (χ2v) is 6.10. The summed E-state index contributed by atoms with van der Waals surface area (Å²) in [6.07, 6.45) is 13.8. The second-order valence-electron chi connectivity index (χ2n) is 6.10. The van der Waals surface area contributed by atoms with Gasteiger partial charge < -0.3 is 10.1 Å². The van der Waals surface area contributed by atoms with E-state index >= 15 is 0 Å². The zero-order chi connectivity index (χ0) is 13.8. The number of ether oxygens (including phenoxy) is 1. The fourth-order valence-corrected chi connectivity index (χ4v) is 3.15. The maximum atomic E-state index is 5.46. The summed E-state index contributed by atoms with van der Waals surface area (Å²) in [5.74, 6) is 0.901. The second kappa shape index (κ2) is 11.7. The third-order valence-corrected chi connectivity index (χ3v) is 4.36. The summed E-state index contributed by atoms with van der Waals surface area (Å²) in [7, 11) is 0. The molecule has 0 amide bonds. The molecule has 1 saturated heterocycles. The number of rotatable bonds is 11. The van der Waals surface area contributed by atoms with E-state index in [0.717, 1.165) is 31.7 Å². The summed E-state index contributed by atoms with van der Waals surface area (Å²) in [6, 6.07) is 0.749. The van der Waals surface area contributed by atoms with E-state index in [4.69, 9.17) is 4.74 Å². The van der Waals surface area contributed by atoms with Crippen molar-refractivity contribution in [3.63, 3.8) is 0 Å². The van der Waals surface area contributed by atoms with Crippen LogP contribution in [-0.2, 0) is 4.74 Å². The van der Waals surface area contributed by atoms with E-state index in [1.165, 1.54) is 64.2 Å². The van der Waals surface area contributed by atoms with Gasteiger partial charge in [-0.25, -0.2) is 0 Å². The monoisotopic (exact) mass is 269 g/mol. The average Bonchev–Trinajstić information content (AvgIpc) is 2.44. The molecule has 0 aromatic rings. The Labute approximate surface area is 120 Å². The van der Waals surface area contributed by atoms with Crippen LogP contribution in [0.4, 0.5) is 0 Å². The number of nitrogens with one attached hydrogen (secondary N) is 1. The molecule has 1 fully saturated rings. The largest absolute Gasteiger partial charge is 0.381 e. The van der Waals surface area contributed by atoms with E-state index in [2.05, 4.69) is 19.2 Å². The van der Waals surface area contributed by atoms with Gasteiger partial charge in [-0.05, 0) is 38.1 Å². The van der Waals surface area contributed by atoms with E-state index in [9.17, 15) is 0 Å². The van der Waals surface area contributed by atoms with Crippen LogP contribution < -0.4 is 5.32 Å². The van der Waals surface area contributed by atoms with Crippen molar-refractivity contribution in [2.24, 2.45) is 5.92 Å². The Hall–Kier alpha value is -0.0800. The first kappa shape index (κ1) is 17.0. The summed E-state index contributed by atoms with van der Waals surface area (Å²) >= 11 is 0. The maximum absolute atomic E-state index is 5.46. The zero-order valence-corrected chi connectivity index (χ0v) is 13.3. The Morgan fingerprint density at radius 2 is 1.68 bits per heavy atom. The van der Waals surface area contributed by atoms with Crippen molar-refractivity contribution in [3.8, 4) is 0 Å². The molecule has 0 saturated carbocycles. The molecule has 1 unspecified atom stereocenters. The van der Waals surface area contributed by atoms with Crippen molar-refractivity contribution >= 4 is 0 Å². The first-order chi connectivity index (χ1) is 9.36. The topological polar surface area (TPSA) is 21.3 Å².